The Balaban J connectivity index is 1.84. The third-order valence-corrected chi connectivity index (χ3v) is 5.87. The summed E-state index contributed by atoms with van der Waals surface area (Å²) >= 11 is 1.20. The molecule has 0 bridgehead atoms. The molecule has 3 rings (SSSR count). The van der Waals surface area contributed by atoms with Crippen molar-refractivity contribution in [1.29, 1.82) is 0 Å². The monoisotopic (exact) mass is 443 g/mol. The van der Waals surface area contributed by atoms with E-state index in [0.717, 1.165) is 9.78 Å². The number of ether oxygens (including phenoxy) is 1. The van der Waals surface area contributed by atoms with Gasteiger partial charge in [-0.1, -0.05) is 6.07 Å². The number of amides is 5. The number of nitrogens with zero attached hydrogens (tertiary/aromatic N) is 1. The minimum Gasteiger partial charge on any atom is -0.450 e. The van der Waals surface area contributed by atoms with Crippen LogP contribution in [0.1, 0.15) is 50.9 Å². The van der Waals surface area contributed by atoms with Gasteiger partial charge in [-0.2, -0.15) is 0 Å². The molecule has 9 nitrogen and oxygen atoms in total. The van der Waals surface area contributed by atoms with Gasteiger partial charge in [0.15, 0.2) is 0 Å². The molecule has 0 radical (unpaired) electrons. The number of anilines is 2. The molecule has 1 saturated heterocycles. The van der Waals surface area contributed by atoms with E-state index >= 15 is 0 Å². The number of carbonyl (C=O) groups is 5. The van der Waals surface area contributed by atoms with E-state index in [1.807, 2.05) is 0 Å². The van der Waals surface area contributed by atoms with Crippen LogP contribution in [0, 0.1) is 13.8 Å². The standard InChI is InChI=1S/C21H21N3O6S/c1-4-30-21(29)23-19(28)17-11(2)12(3)31-20(17)22-18(27)13-6-5-7-14(10-13)24-15(25)8-9-16(24)26/h5-7,10H,4,8-9H2,1-3H3,(H,22,27)(H,23,28,29). The molecule has 5 amide bonds. The number of nitrogens with one attached hydrogen (secondary N) is 2. The Morgan fingerprint density at radius 2 is 1.77 bits per heavy atom. The lowest BCUT2D eigenvalue weighted by Crippen LogP contribution is -2.32. The fourth-order valence-corrected chi connectivity index (χ4v) is 4.19. The Labute approximate surface area is 182 Å². The fourth-order valence-electron chi connectivity index (χ4n) is 3.14. The first kappa shape index (κ1) is 22.2. The predicted octanol–water partition coefficient (Wildman–Crippen LogP) is 3.16. The molecule has 2 heterocycles. The van der Waals surface area contributed by atoms with Crippen molar-refractivity contribution < 1.29 is 28.7 Å². The zero-order chi connectivity index (χ0) is 22.7. The number of benzene rings is 1. The van der Waals surface area contributed by atoms with E-state index in [4.69, 9.17) is 4.74 Å². The van der Waals surface area contributed by atoms with Crippen LogP contribution < -0.4 is 15.5 Å². The van der Waals surface area contributed by atoms with Crippen LogP contribution in [0.15, 0.2) is 24.3 Å². The van der Waals surface area contributed by atoms with E-state index in [0.29, 0.717) is 11.3 Å². The third kappa shape index (κ3) is 4.64. The average Bonchev–Trinajstić information content (AvgIpc) is 3.19. The normalized spacial score (nSPS) is 13.3. The van der Waals surface area contributed by atoms with Gasteiger partial charge in [-0.3, -0.25) is 29.4 Å². The van der Waals surface area contributed by atoms with Crippen LogP contribution in [-0.4, -0.2) is 36.3 Å². The van der Waals surface area contributed by atoms with Crippen molar-refractivity contribution in [1.82, 2.24) is 5.32 Å². The summed E-state index contributed by atoms with van der Waals surface area (Å²) in [5.41, 5.74) is 1.33. The molecule has 0 aliphatic carbocycles. The van der Waals surface area contributed by atoms with Gasteiger partial charge >= 0.3 is 6.09 Å². The van der Waals surface area contributed by atoms with Crippen LogP contribution in [0.2, 0.25) is 0 Å². The summed E-state index contributed by atoms with van der Waals surface area (Å²) in [6.07, 6.45) is -0.593. The first-order valence-electron chi connectivity index (χ1n) is 9.58. The lowest BCUT2D eigenvalue weighted by molar-refractivity contribution is -0.121. The second-order valence-electron chi connectivity index (χ2n) is 6.79. The minimum atomic E-state index is -0.874. The molecular weight excluding hydrogens is 422 g/mol. The molecule has 10 heteroatoms. The summed E-state index contributed by atoms with van der Waals surface area (Å²) in [6.45, 7) is 5.24. The highest BCUT2D eigenvalue weighted by atomic mass is 32.1. The smallest absolute Gasteiger partial charge is 0.414 e. The van der Waals surface area contributed by atoms with Crippen molar-refractivity contribution in [2.24, 2.45) is 0 Å². The van der Waals surface area contributed by atoms with Gasteiger partial charge in [0.1, 0.15) is 5.00 Å². The zero-order valence-corrected chi connectivity index (χ0v) is 18.1. The van der Waals surface area contributed by atoms with Crippen LogP contribution in [0.3, 0.4) is 0 Å². The van der Waals surface area contributed by atoms with E-state index in [1.165, 1.54) is 23.5 Å². The molecule has 1 fully saturated rings. The van der Waals surface area contributed by atoms with Gasteiger partial charge in [0.25, 0.3) is 11.8 Å². The van der Waals surface area contributed by atoms with Gasteiger partial charge in [0.2, 0.25) is 11.8 Å². The fraction of sp³-hybridized carbons (Fsp3) is 0.286. The predicted molar refractivity (Wildman–Crippen MR) is 114 cm³/mol. The third-order valence-electron chi connectivity index (χ3n) is 4.75. The molecule has 31 heavy (non-hydrogen) atoms. The van der Waals surface area contributed by atoms with E-state index in [9.17, 15) is 24.0 Å². The Bertz CT molecular complexity index is 1070. The molecule has 2 N–H and O–H groups in total. The summed E-state index contributed by atoms with van der Waals surface area (Å²) in [6, 6.07) is 6.13. The van der Waals surface area contributed by atoms with Crippen LogP contribution >= 0.6 is 11.3 Å². The zero-order valence-electron chi connectivity index (χ0n) is 17.2. The first-order chi connectivity index (χ1) is 14.7. The van der Waals surface area contributed by atoms with E-state index < -0.39 is 17.9 Å². The summed E-state index contributed by atoms with van der Waals surface area (Å²) in [4.78, 5) is 62.8. The second-order valence-corrected chi connectivity index (χ2v) is 8.01. The molecule has 1 aliphatic heterocycles. The van der Waals surface area contributed by atoms with E-state index in [2.05, 4.69) is 10.6 Å². The molecule has 1 aromatic heterocycles. The average molecular weight is 443 g/mol. The number of alkyl carbamates (subject to hydrolysis) is 1. The summed E-state index contributed by atoms with van der Waals surface area (Å²) in [5.74, 6) is -1.83. The Morgan fingerprint density at radius 1 is 1.10 bits per heavy atom. The van der Waals surface area contributed by atoms with Crippen molar-refractivity contribution in [3.05, 3.63) is 45.8 Å². The van der Waals surface area contributed by atoms with Crippen molar-refractivity contribution in [3.63, 3.8) is 0 Å². The molecule has 0 spiro atoms. The summed E-state index contributed by atoms with van der Waals surface area (Å²) < 4.78 is 4.74. The summed E-state index contributed by atoms with van der Waals surface area (Å²) in [7, 11) is 0. The first-order valence-corrected chi connectivity index (χ1v) is 10.4. The van der Waals surface area contributed by atoms with E-state index in [1.54, 1.807) is 32.9 Å². The second kappa shape index (κ2) is 9.09. The van der Waals surface area contributed by atoms with Gasteiger partial charge in [-0.05, 0) is 44.5 Å². The lowest BCUT2D eigenvalue weighted by atomic mass is 10.1. The number of imide groups is 2. The maximum absolute atomic E-state index is 12.8. The lowest BCUT2D eigenvalue weighted by Gasteiger charge is -2.15. The van der Waals surface area contributed by atoms with Crippen molar-refractivity contribution >= 4 is 51.7 Å². The largest absolute Gasteiger partial charge is 0.450 e. The molecule has 0 saturated carbocycles. The van der Waals surface area contributed by atoms with Gasteiger partial charge in [0, 0.05) is 23.3 Å². The quantitative estimate of drug-likeness (QED) is 0.685. The Hall–Kier alpha value is -3.53. The van der Waals surface area contributed by atoms with Crippen LogP contribution in [0.4, 0.5) is 15.5 Å². The van der Waals surface area contributed by atoms with Crippen LogP contribution in [0.25, 0.3) is 0 Å². The number of thiophene rings is 1. The van der Waals surface area contributed by atoms with Crippen LogP contribution in [0.5, 0.6) is 0 Å². The van der Waals surface area contributed by atoms with Gasteiger partial charge in [0.05, 0.1) is 17.9 Å². The Morgan fingerprint density at radius 3 is 2.42 bits per heavy atom. The summed E-state index contributed by atoms with van der Waals surface area (Å²) in [5, 5.41) is 5.11. The van der Waals surface area contributed by atoms with Crippen molar-refractivity contribution in [3.8, 4) is 0 Å². The highest BCUT2D eigenvalue weighted by Gasteiger charge is 2.30. The van der Waals surface area contributed by atoms with E-state index in [-0.39, 0.29) is 47.4 Å². The highest BCUT2D eigenvalue weighted by molar-refractivity contribution is 7.16. The number of carbonyl (C=O) groups excluding carboxylic acids is 5. The molecular formula is C21H21N3O6S. The topological polar surface area (TPSA) is 122 Å². The SMILES string of the molecule is CCOC(=O)NC(=O)c1c(NC(=O)c2cccc(N3C(=O)CCC3=O)c2)sc(C)c1C. The maximum atomic E-state index is 12.8. The number of rotatable bonds is 5. The molecule has 0 atom stereocenters. The van der Waals surface area contributed by atoms with Gasteiger partial charge < -0.3 is 10.1 Å². The Kier molecular flexibility index (Phi) is 6.50. The molecule has 2 aromatic rings. The maximum Gasteiger partial charge on any atom is 0.414 e. The van der Waals surface area contributed by atoms with Crippen LogP contribution in [-0.2, 0) is 14.3 Å². The van der Waals surface area contributed by atoms with Gasteiger partial charge in [-0.25, -0.2) is 4.79 Å². The molecule has 0 unspecified atom stereocenters. The van der Waals surface area contributed by atoms with Gasteiger partial charge in [-0.15, -0.1) is 11.3 Å². The number of aryl methyl sites for hydroxylation is 1. The number of hydrogen-bond acceptors (Lipinski definition) is 7. The van der Waals surface area contributed by atoms with Crippen molar-refractivity contribution in [2.75, 3.05) is 16.8 Å². The minimum absolute atomic E-state index is 0.114. The number of hydrogen-bond donors (Lipinski definition) is 2. The van der Waals surface area contributed by atoms with Crippen molar-refractivity contribution in [2.45, 2.75) is 33.6 Å². The molecule has 162 valence electrons. The molecule has 1 aliphatic rings. The molecule has 1 aromatic carbocycles. The highest BCUT2D eigenvalue weighted by Crippen LogP contribution is 2.33.